The molecular weight excluding hydrogens is 969 g/mol. The molecular formula is C46H104O12Si8. The van der Waals surface area contributed by atoms with Gasteiger partial charge in [-0.25, -0.2) is 9.59 Å². The lowest BCUT2D eigenvalue weighted by Crippen LogP contribution is -2.52. The molecule has 0 bridgehead atoms. The Morgan fingerprint density at radius 3 is 1.12 bits per heavy atom. The molecule has 0 fully saturated rings. The van der Waals surface area contributed by atoms with Crippen LogP contribution in [0.3, 0.4) is 0 Å². The first kappa shape index (κ1) is 67.9. The van der Waals surface area contributed by atoms with Crippen LogP contribution in [0.5, 0.6) is 0 Å². The Bertz CT molecular complexity index is 1410. The average molecular weight is 1070 g/mol. The molecule has 0 amide bonds. The van der Waals surface area contributed by atoms with Crippen molar-refractivity contribution >= 4 is 79.0 Å². The van der Waals surface area contributed by atoms with Gasteiger partial charge in [0.1, 0.15) is 18.8 Å². The van der Waals surface area contributed by atoms with Crippen molar-refractivity contribution in [3.63, 3.8) is 0 Å². The molecule has 0 radical (unpaired) electrons. The molecule has 0 aliphatic heterocycles. The fourth-order valence-electron chi connectivity index (χ4n) is 7.36. The number of hydrogen-bond acceptors (Lipinski definition) is 12. The van der Waals surface area contributed by atoms with Crippen molar-refractivity contribution in [1.29, 1.82) is 0 Å². The Morgan fingerprint density at radius 1 is 0.455 bits per heavy atom. The van der Waals surface area contributed by atoms with Crippen LogP contribution in [0.25, 0.3) is 0 Å². The quantitative estimate of drug-likeness (QED) is 0.0257. The molecule has 12 nitrogen and oxygen atoms in total. The second-order valence-corrected chi connectivity index (χ2v) is 57.2. The maximum absolute atomic E-state index is 12.0. The first-order valence-corrected chi connectivity index (χ1v) is 49.6. The molecule has 0 N–H and O–H groups in total. The molecule has 0 aromatic carbocycles. The van der Waals surface area contributed by atoms with Crippen LogP contribution in [0.4, 0.5) is 0 Å². The van der Waals surface area contributed by atoms with Gasteiger partial charge in [-0.2, -0.15) is 0 Å². The topological polar surface area (TPSA) is 126 Å². The molecule has 0 saturated heterocycles. The van der Waals surface area contributed by atoms with Gasteiger partial charge in [0.2, 0.25) is 0 Å². The van der Waals surface area contributed by atoms with Gasteiger partial charge in [-0.1, -0.05) is 52.7 Å². The summed E-state index contributed by atoms with van der Waals surface area (Å²) in [5.41, 5.74) is 0.773. The van der Waals surface area contributed by atoms with Gasteiger partial charge in [-0.05, 0) is 169 Å². The van der Waals surface area contributed by atoms with Crippen molar-refractivity contribution in [3.8, 4) is 0 Å². The number of carbonyl (C=O) groups is 2. The normalized spacial score (nSPS) is 14.3. The van der Waals surface area contributed by atoms with Gasteiger partial charge in [0.15, 0.2) is 49.9 Å². The van der Waals surface area contributed by atoms with Crippen LogP contribution < -0.4 is 0 Å². The van der Waals surface area contributed by atoms with Gasteiger partial charge < -0.3 is 44.3 Å². The fraction of sp³-hybridized carbons (Fsp3) is 0.870. The highest BCUT2D eigenvalue weighted by atomic mass is 28.5. The first-order valence-electron chi connectivity index (χ1n) is 24.7. The molecule has 2 atom stereocenters. The van der Waals surface area contributed by atoms with Gasteiger partial charge in [0.25, 0.3) is 0 Å². The predicted octanol–water partition coefficient (Wildman–Crippen LogP) is 13.4. The Balaban J connectivity index is 0. The predicted molar refractivity (Wildman–Crippen MR) is 297 cm³/mol. The number of hydrogen-bond donors (Lipinski definition) is 0. The number of carbonyl (C=O) groups excluding carboxylic acids is 2. The van der Waals surface area contributed by atoms with E-state index in [-0.39, 0.29) is 18.7 Å². The third kappa shape index (κ3) is 39.5. The van der Waals surface area contributed by atoms with Crippen molar-refractivity contribution < 1.29 is 53.8 Å². The van der Waals surface area contributed by atoms with E-state index in [4.69, 9.17) is 44.3 Å². The van der Waals surface area contributed by atoms with Gasteiger partial charge in [0.05, 0.1) is 19.8 Å². The Hall–Kier alpha value is -0.165. The number of esters is 2. The van der Waals surface area contributed by atoms with Gasteiger partial charge >= 0.3 is 29.1 Å². The largest absolute Gasteiger partial charge is 0.460 e. The zero-order chi connectivity index (χ0) is 51.8. The van der Waals surface area contributed by atoms with Crippen LogP contribution in [0, 0.1) is 0 Å². The van der Waals surface area contributed by atoms with Crippen LogP contribution in [0.2, 0.25) is 142 Å². The van der Waals surface area contributed by atoms with Crippen molar-refractivity contribution in [3.05, 3.63) is 24.3 Å². The minimum Gasteiger partial charge on any atom is -0.460 e. The smallest absolute Gasteiger partial charge is 0.333 e. The summed E-state index contributed by atoms with van der Waals surface area (Å²) in [5.74, 6) is -0.790. The molecule has 66 heavy (non-hydrogen) atoms. The second kappa shape index (κ2) is 31.3. The monoisotopic (exact) mass is 1070 g/mol. The molecule has 0 saturated carbocycles. The van der Waals surface area contributed by atoms with Crippen molar-refractivity contribution in [2.75, 3.05) is 39.6 Å². The molecule has 20 heteroatoms. The summed E-state index contributed by atoms with van der Waals surface area (Å²) in [5, 5.41) is 0. The van der Waals surface area contributed by atoms with E-state index < -0.39 is 79.1 Å². The van der Waals surface area contributed by atoms with Crippen LogP contribution in [0.15, 0.2) is 24.3 Å². The Kier molecular flexibility index (Phi) is 32.2. The lowest BCUT2D eigenvalue weighted by Gasteiger charge is -2.39. The van der Waals surface area contributed by atoms with Crippen LogP contribution in [0.1, 0.15) is 66.2 Å². The van der Waals surface area contributed by atoms with E-state index >= 15 is 0 Å². The lowest BCUT2D eigenvalue weighted by molar-refractivity contribution is -0.149. The minimum atomic E-state index is -2.16. The third-order valence-corrected chi connectivity index (χ3v) is 34.7. The SMILES string of the molecule is C=C(C)C(=O)OC(COCCC[Si](C)(C)O[Si](C)(C)O[Si](C)(C)CCCC)CO[Si](C)(C)C.C=C(C)C(=O)OCC(COCCC[Si](C)(C)O[Si](C)(C)O[Si](C)(C)CCCC)O[Si](C)(C)C. The van der Waals surface area contributed by atoms with Crippen molar-refractivity contribution in [2.45, 2.75) is 220 Å². The maximum atomic E-state index is 12.0. The van der Waals surface area contributed by atoms with E-state index in [0.717, 1.165) is 24.9 Å². The van der Waals surface area contributed by atoms with E-state index in [1.54, 1.807) is 13.8 Å². The molecule has 0 heterocycles. The first-order chi connectivity index (χ1) is 29.8. The summed E-state index contributed by atoms with van der Waals surface area (Å²) in [4.78, 5) is 23.7. The van der Waals surface area contributed by atoms with E-state index in [2.05, 4.69) is 145 Å². The second-order valence-electron chi connectivity index (χ2n) is 23.3. The molecule has 392 valence electrons. The minimum absolute atomic E-state index is 0.189. The van der Waals surface area contributed by atoms with Crippen molar-refractivity contribution in [2.24, 2.45) is 0 Å². The van der Waals surface area contributed by atoms with Crippen LogP contribution in [-0.4, -0.2) is 131 Å². The number of ether oxygens (including phenoxy) is 4. The molecule has 0 aliphatic rings. The highest BCUT2D eigenvalue weighted by Gasteiger charge is 2.40. The summed E-state index contributed by atoms with van der Waals surface area (Å²) in [6.45, 7) is 57.4. The number of unbranched alkanes of at least 4 members (excludes halogenated alkanes) is 2. The standard InChI is InChI=1S/2C23H52O6Si4/c1-13-14-17-31(7,8)28-33(11,12)29-32(9,10)18-15-16-25-19-22(20-26-30(4,5)6)27-23(24)21(2)3;1-13-14-17-31(7,8)28-33(11,12)29-32(9,10)18-15-16-25-19-22(27-30(4,5)6)20-26-23(24)21(2)3/h2*22H,2,13-20H2,1,3-12H3. The van der Waals surface area contributed by atoms with E-state index in [1.807, 2.05) is 0 Å². The summed E-state index contributed by atoms with van der Waals surface area (Å²) in [6.07, 6.45) is 6.06. The van der Waals surface area contributed by atoms with E-state index in [1.165, 1.54) is 37.8 Å². The molecule has 0 aliphatic carbocycles. The van der Waals surface area contributed by atoms with Crippen LogP contribution >= 0.6 is 0 Å². The van der Waals surface area contributed by atoms with E-state index in [0.29, 0.717) is 44.2 Å². The van der Waals surface area contributed by atoms with Gasteiger partial charge in [-0.3, -0.25) is 0 Å². The summed E-state index contributed by atoms with van der Waals surface area (Å²) < 4.78 is 61.3. The fourth-order valence-corrected chi connectivity index (χ4v) is 37.6. The van der Waals surface area contributed by atoms with Gasteiger partial charge in [-0.15, -0.1) is 0 Å². The average Bonchev–Trinajstić information content (AvgIpc) is 3.10. The summed E-state index contributed by atoms with van der Waals surface area (Å²) in [7, 11) is -14.9. The summed E-state index contributed by atoms with van der Waals surface area (Å²) >= 11 is 0. The molecule has 0 rings (SSSR count). The van der Waals surface area contributed by atoms with Crippen LogP contribution in [-0.2, 0) is 53.8 Å². The third-order valence-electron chi connectivity index (χ3n) is 9.69. The highest BCUT2D eigenvalue weighted by molar-refractivity contribution is 6.88. The van der Waals surface area contributed by atoms with Gasteiger partial charge in [0, 0.05) is 24.4 Å². The lowest BCUT2D eigenvalue weighted by atomic mass is 10.3. The van der Waals surface area contributed by atoms with E-state index in [9.17, 15) is 9.59 Å². The number of rotatable bonds is 36. The maximum Gasteiger partial charge on any atom is 0.333 e. The molecule has 0 aromatic rings. The summed E-state index contributed by atoms with van der Waals surface area (Å²) in [6, 6.07) is 4.42. The molecule has 0 spiro atoms. The highest BCUT2D eigenvalue weighted by Crippen LogP contribution is 2.28. The Morgan fingerprint density at radius 2 is 0.803 bits per heavy atom. The zero-order valence-electron chi connectivity index (χ0n) is 46.8. The van der Waals surface area contributed by atoms with Crippen molar-refractivity contribution in [1.82, 2.24) is 0 Å². The Labute approximate surface area is 415 Å². The molecule has 0 aromatic heterocycles. The molecule has 2 unspecified atom stereocenters. The zero-order valence-corrected chi connectivity index (χ0v) is 54.8.